The molecule has 0 fully saturated rings. The molecule has 10 heteroatoms. The summed E-state index contributed by atoms with van der Waals surface area (Å²) in [6.45, 7) is 9.97. The van der Waals surface area contributed by atoms with Crippen molar-refractivity contribution in [1.82, 2.24) is 4.90 Å². The number of hydrogen-bond donors (Lipinski definition) is 0. The second kappa shape index (κ2) is 12.0. The summed E-state index contributed by atoms with van der Waals surface area (Å²) in [5.74, 6) is -2.83. The summed E-state index contributed by atoms with van der Waals surface area (Å²) < 4.78 is 16.1. The lowest BCUT2D eigenvalue weighted by molar-refractivity contribution is -0.384. The van der Waals surface area contributed by atoms with Gasteiger partial charge >= 0.3 is 17.9 Å². The van der Waals surface area contributed by atoms with Crippen LogP contribution in [0.1, 0.15) is 59.4 Å². The van der Waals surface area contributed by atoms with Crippen LogP contribution in [0.5, 0.6) is 0 Å². The first-order chi connectivity index (χ1) is 16.6. The molecule has 1 aromatic carbocycles. The number of non-ortho nitro benzene ring substituents is 1. The second-order valence-corrected chi connectivity index (χ2v) is 7.51. The number of allylic oxidation sites excluding steroid dienone is 3. The number of ether oxygens (including phenoxy) is 3. The highest BCUT2D eigenvalue weighted by Gasteiger charge is 2.42. The summed E-state index contributed by atoms with van der Waals surface area (Å²) in [5, 5.41) is 11.4. The van der Waals surface area contributed by atoms with Crippen LogP contribution in [0.25, 0.3) is 0 Å². The standard InChI is InChI=1S/C25H30N2O8/c1-7-19(35-20(28)8-2)26-15(5)21(24(29)33-9-3)23(22(16(26)6)25(30)34-10-4)17-12-11-13-18(14-17)27(31)32/h7,11-14,23H,8-10H2,1-6H3/b19-7+. The number of carbonyl (C=O) groups excluding carboxylic acids is 3. The van der Waals surface area contributed by atoms with Crippen LogP contribution in [0.15, 0.2) is 58.8 Å². The van der Waals surface area contributed by atoms with Crippen molar-refractivity contribution in [2.24, 2.45) is 0 Å². The molecule has 0 saturated carbocycles. The average molecular weight is 487 g/mol. The highest BCUT2D eigenvalue weighted by atomic mass is 16.6. The third-order valence-corrected chi connectivity index (χ3v) is 5.41. The third-order valence-electron chi connectivity index (χ3n) is 5.41. The third kappa shape index (κ3) is 5.76. The molecule has 0 atom stereocenters. The Balaban J connectivity index is 2.90. The number of hydrogen-bond acceptors (Lipinski definition) is 9. The summed E-state index contributed by atoms with van der Waals surface area (Å²) in [6.07, 6.45) is 1.66. The Morgan fingerprint density at radius 3 is 2.00 bits per heavy atom. The minimum Gasteiger partial charge on any atom is -0.463 e. The fraction of sp³-hybridized carbons (Fsp3) is 0.400. The van der Waals surface area contributed by atoms with Gasteiger partial charge < -0.3 is 14.2 Å². The van der Waals surface area contributed by atoms with Gasteiger partial charge in [0.2, 0.25) is 5.88 Å². The van der Waals surface area contributed by atoms with E-state index in [2.05, 4.69) is 0 Å². The van der Waals surface area contributed by atoms with Crippen molar-refractivity contribution in [2.75, 3.05) is 13.2 Å². The van der Waals surface area contributed by atoms with Crippen molar-refractivity contribution in [2.45, 2.75) is 53.9 Å². The maximum absolute atomic E-state index is 13.2. The molecule has 35 heavy (non-hydrogen) atoms. The van der Waals surface area contributed by atoms with Crippen LogP contribution in [-0.4, -0.2) is 40.9 Å². The Morgan fingerprint density at radius 1 is 1.03 bits per heavy atom. The van der Waals surface area contributed by atoms with Gasteiger partial charge in [0.25, 0.3) is 5.69 Å². The zero-order valence-electron chi connectivity index (χ0n) is 20.7. The van der Waals surface area contributed by atoms with Gasteiger partial charge in [-0.25, -0.2) is 9.59 Å². The zero-order valence-corrected chi connectivity index (χ0v) is 20.7. The molecular weight excluding hydrogens is 456 g/mol. The Hall–Kier alpha value is -3.95. The zero-order chi connectivity index (χ0) is 26.3. The summed E-state index contributed by atoms with van der Waals surface area (Å²) in [5.41, 5.74) is 1.000. The van der Waals surface area contributed by atoms with Gasteiger partial charge in [-0.05, 0) is 46.3 Å². The number of nitro groups is 1. The van der Waals surface area contributed by atoms with Gasteiger partial charge in [0.15, 0.2) is 0 Å². The van der Waals surface area contributed by atoms with E-state index in [1.807, 2.05) is 0 Å². The van der Waals surface area contributed by atoms with Crippen molar-refractivity contribution in [1.29, 1.82) is 0 Å². The van der Waals surface area contributed by atoms with Crippen LogP contribution in [0.3, 0.4) is 0 Å². The minimum absolute atomic E-state index is 0.0655. The van der Waals surface area contributed by atoms with Gasteiger partial charge in [-0.3, -0.25) is 19.8 Å². The fourth-order valence-corrected chi connectivity index (χ4v) is 3.91. The van der Waals surface area contributed by atoms with Gasteiger partial charge in [0.1, 0.15) is 0 Å². The van der Waals surface area contributed by atoms with Crippen molar-refractivity contribution in [3.63, 3.8) is 0 Å². The van der Waals surface area contributed by atoms with E-state index >= 15 is 0 Å². The lowest BCUT2D eigenvalue weighted by Crippen LogP contribution is -2.36. The topological polar surface area (TPSA) is 125 Å². The smallest absolute Gasteiger partial charge is 0.336 e. The first-order valence-corrected chi connectivity index (χ1v) is 11.3. The highest BCUT2D eigenvalue weighted by Crippen LogP contribution is 2.45. The van der Waals surface area contributed by atoms with Crippen LogP contribution < -0.4 is 0 Å². The molecule has 1 heterocycles. The Labute approximate surface area is 204 Å². The van der Waals surface area contributed by atoms with Gasteiger partial charge in [-0.15, -0.1) is 0 Å². The van der Waals surface area contributed by atoms with Crippen molar-refractivity contribution < 1.29 is 33.5 Å². The first-order valence-electron chi connectivity index (χ1n) is 11.3. The van der Waals surface area contributed by atoms with Crippen LogP contribution in [0, 0.1) is 10.1 Å². The normalized spacial score (nSPS) is 14.7. The molecule has 1 aromatic rings. The minimum atomic E-state index is -1.01. The van der Waals surface area contributed by atoms with E-state index in [1.165, 1.54) is 23.1 Å². The first kappa shape index (κ1) is 27.3. The van der Waals surface area contributed by atoms with E-state index in [1.54, 1.807) is 53.7 Å². The molecule has 0 aromatic heterocycles. The van der Waals surface area contributed by atoms with E-state index in [9.17, 15) is 24.5 Å². The lowest BCUT2D eigenvalue weighted by atomic mass is 9.79. The predicted octanol–water partition coefficient (Wildman–Crippen LogP) is 4.48. The van der Waals surface area contributed by atoms with E-state index < -0.39 is 28.7 Å². The maximum Gasteiger partial charge on any atom is 0.336 e. The quantitative estimate of drug-likeness (QED) is 0.163. The second-order valence-electron chi connectivity index (χ2n) is 7.51. The van der Waals surface area contributed by atoms with Gasteiger partial charge in [0, 0.05) is 29.9 Å². The molecule has 0 bridgehead atoms. The molecule has 0 amide bonds. The largest absolute Gasteiger partial charge is 0.463 e. The van der Waals surface area contributed by atoms with E-state index in [-0.39, 0.29) is 42.4 Å². The monoisotopic (exact) mass is 486 g/mol. The molecule has 0 saturated heterocycles. The number of esters is 3. The van der Waals surface area contributed by atoms with Crippen LogP contribution in [-0.2, 0) is 28.6 Å². The molecule has 0 aliphatic carbocycles. The summed E-state index contributed by atoms with van der Waals surface area (Å²) in [4.78, 5) is 50.9. The SMILES string of the molecule is C/C=C(/OC(=O)CC)N1C(C)=C(C(=O)OCC)C(c2cccc([N+](=O)[O-])c2)C(C(=O)OCC)=C1C. The lowest BCUT2D eigenvalue weighted by Gasteiger charge is -2.38. The van der Waals surface area contributed by atoms with Gasteiger partial charge in [-0.2, -0.15) is 0 Å². The fourth-order valence-electron chi connectivity index (χ4n) is 3.91. The highest BCUT2D eigenvalue weighted by molar-refractivity contribution is 6.00. The van der Waals surface area contributed by atoms with Gasteiger partial charge in [0.05, 0.1) is 35.2 Å². The molecule has 1 aliphatic heterocycles. The summed E-state index contributed by atoms with van der Waals surface area (Å²) in [6, 6.07) is 5.71. The van der Waals surface area contributed by atoms with Crippen molar-refractivity contribution in [3.05, 3.63) is 74.4 Å². The summed E-state index contributed by atoms with van der Waals surface area (Å²) in [7, 11) is 0. The van der Waals surface area contributed by atoms with Crippen molar-refractivity contribution in [3.8, 4) is 0 Å². The van der Waals surface area contributed by atoms with Crippen LogP contribution >= 0.6 is 0 Å². The van der Waals surface area contributed by atoms with Crippen LogP contribution in [0.2, 0.25) is 0 Å². The van der Waals surface area contributed by atoms with E-state index in [0.717, 1.165) is 0 Å². The maximum atomic E-state index is 13.2. The predicted molar refractivity (Wildman–Crippen MR) is 126 cm³/mol. The van der Waals surface area contributed by atoms with E-state index in [4.69, 9.17) is 14.2 Å². The number of carbonyl (C=O) groups is 3. The Kier molecular flexibility index (Phi) is 9.33. The molecular formula is C25H30N2O8. The number of nitro benzene ring substituents is 1. The molecule has 0 spiro atoms. The molecule has 10 nitrogen and oxygen atoms in total. The van der Waals surface area contributed by atoms with Crippen LogP contribution in [0.4, 0.5) is 5.69 Å². The molecule has 0 N–H and O–H groups in total. The molecule has 188 valence electrons. The van der Waals surface area contributed by atoms with Gasteiger partial charge in [-0.1, -0.05) is 19.1 Å². The Bertz CT molecular complexity index is 1070. The van der Waals surface area contributed by atoms with Crippen molar-refractivity contribution >= 4 is 23.6 Å². The Morgan fingerprint density at radius 2 is 1.57 bits per heavy atom. The molecule has 0 unspecified atom stereocenters. The number of rotatable bonds is 9. The summed E-state index contributed by atoms with van der Waals surface area (Å²) >= 11 is 0. The van der Waals surface area contributed by atoms with E-state index in [0.29, 0.717) is 17.0 Å². The average Bonchev–Trinajstić information content (AvgIpc) is 2.82. The molecule has 2 rings (SSSR count). The number of benzene rings is 1. The number of nitrogens with zero attached hydrogens (tertiary/aromatic N) is 2. The molecule has 1 aliphatic rings. The molecule has 0 radical (unpaired) electrons.